The van der Waals surface area contributed by atoms with Gasteiger partial charge in [0.1, 0.15) is 5.82 Å². The van der Waals surface area contributed by atoms with E-state index >= 15 is 0 Å². The van der Waals surface area contributed by atoms with Crippen molar-refractivity contribution in [2.24, 2.45) is 0 Å². The number of aromatic nitrogens is 2. The molecule has 0 spiro atoms. The molecular weight excluding hydrogens is 332 g/mol. The highest BCUT2D eigenvalue weighted by Crippen LogP contribution is 2.35. The van der Waals surface area contributed by atoms with E-state index in [2.05, 4.69) is 15.3 Å². The highest BCUT2D eigenvalue weighted by Gasteiger charge is 2.32. The van der Waals surface area contributed by atoms with E-state index in [1.807, 2.05) is 24.3 Å². The van der Waals surface area contributed by atoms with Crippen molar-refractivity contribution in [2.75, 3.05) is 5.32 Å². The van der Waals surface area contributed by atoms with Gasteiger partial charge in [0, 0.05) is 0 Å². The molecule has 2 aromatic carbocycles. The van der Waals surface area contributed by atoms with Crippen LogP contribution < -0.4 is 10.1 Å². The number of nitriles is 1. The Morgan fingerprint density at radius 3 is 2.85 bits per heavy atom. The second-order valence-electron chi connectivity index (χ2n) is 6.00. The van der Waals surface area contributed by atoms with Crippen molar-refractivity contribution in [3.05, 3.63) is 53.9 Å². The molecule has 4 rings (SSSR count). The molecule has 1 aromatic heterocycles. The minimum absolute atomic E-state index is 0.237. The molecule has 7 nitrogen and oxygen atoms in total. The lowest BCUT2D eigenvalue weighted by Crippen LogP contribution is -2.35. The molecule has 0 saturated carbocycles. The van der Waals surface area contributed by atoms with E-state index in [0.717, 1.165) is 5.52 Å². The van der Waals surface area contributed by atoms with Crippen LogP contribution in [0.2, 0.25) is 0 Å². The molecule has 0 saturated heterocycles. The van der Waals surface area contributed by atoms with Gasteiger partial charge in [0.2, 0.25) is 0 Å². The van der Waals surface area contributed by atoms with Gasteiger partial charge in [-0.2, -0.15) is 5.26 Å². The van der Waals surface area contributed by atoms with E-state index in [-0.39, 0.29) is 23.0 Å². The third-order valence-electron chi connectivity index (χ3n) is 4.27. The van der Waals surface area contributed by atoms with Gasteiger partial charge in [-0.15, -0.1) is 0 Å². The van der Waals surface area contributed by atoms with Crippen LogP contribution in [0.4, 0.5) is 5.69 Å². The number of ketones is 1. The molecule has 0 fully saturated rings. The average molecular weight is 346 g/mol. The third kappa shape index (κ3) is 2.48. The number of amides is 1. The SMILES string of the molecule is CC1Oc2c(cccc2C(=O)C(C#N)c2nc3ccccc3[nH]2)NC1=O. The summed E-state index contributed by atoms with van der Waals surface area (Å²) >= 11 is 0. The standard InChI is InChI=1S/C19H14N4O3/c1-10-19(25)23-15-8-4-5-11(17(15)26-10)16(24)12(9-20)18-21-13-6-2-3-7-14(13)22-18/h2-8,10,12H,1H3,(H,21,22)(H,23,25). The van der Waals surface area contributed by atoms with Crippen molar-refractivity contribution >= 4 is 28.4 Å². The second-order valence-corrected chi connectivity index (χ2v) is 6.00. The monoisotopic (exact) mass is 346 g/mol. The van der Waals surface area contributed by atoms with Crippen molar-refractivity contribution in [3.8, 4) is 11.8 Å². The number of rotatable bonds is 3. The number of Topliss-reactive ketones (excluding diaryl/α,β-unsaturated/α-hetero) is 1. The fraction of sp³-hybridized carbons (Fsp3) is 0.158. The van der Waals surface area contributed by atoms with Crippen molar-refractivity contribution in [1.29, 1.82) is 5.26 Å². The maximum Gasteiger partial charge on any atom is 0.265 e. The first-order valence-electron chi connectivity index (χ1n) is 8.07. The number of carbonyl (C=O) groups excluding carboxylic acids is 2. The van der Waals surface area contributed by atoms with Gasteiger partial charge in [-0.05, 0) is 31.2 Å². The summed E-state index contributed by atoms with van der Waals surface area (Å²) in [5, 5.41) is 12.3. The van der Waals surface area contributed by atoms with Crippen LogP contribution in [-0.2, 0) is 4.79 Å². The molecular formula is C19H14N4O3. The van der Waals surface area contributed by atoms with Crippen molar-refractivity contribution in [2.45, 2.75) is 18.9 Å². The van der Waals surface area contributed by atoms with Crippen LogP contribution in [0.1, 0.15) is 29.0 Å². The zero-order chi connectivity index (χ0) is 18.3. The van der Waals surface area contributed by atoms with Gasteiger partial charge in [0.05, 0.1) is 28.4 Å². The number of nitrogens with zero attached hydrogens (tertiary/aromatic N) is 2. The van der Waals surface area contributed by atoms with Gasteiger partial charge in [-0.1, -0.05) is 18.2 Å². The number of hydrogen-bond acceptors (Lipinski definition) is 5. The summed E-state index contributed by atoms with van der Waals surface area (Å²) < 4.78 is 5.61. The van der Waals surface area contributed by atoms with Crippen molar-refractivity contribution in [3.63, 3.8) is 0 Å². The Balaban J connectivity index is 1.76. The quantitative estimate of drug-likeness (QED) is 0.709. The van der Waals surface area contributed by atoms with E-state index in [1.165, 1.54) is 0 Å². The van der Waals surface area contributed by atoms with Gasteiger partial charge < -0.3 is 15.0 Å². The fourth-order valence-corrected chi connectivity index (χ4v) is 2.93. The molecule has 2 heterocycles. The molecule has 2 atom stereocenters. The van der Waals surface area contributed by atoms with Crippen LogP contribution in [0.3, 0.4) is 0 Å². The molecule has 1 aliphatic rings. The van der Waals surface area contributed by atoms with Gasteiger partial charge in [-0.3, -0.25) is 9.59 Å². The predicted octanol–water partition coefficient (Wildman–Crippen LogP) is 2.77. The highest BCUT2D eigenvalue weighted by atomic mass is 16.5. The Labute approximate surface area is 148 Å². The molecule has 1 aliphatic heterocycles. The van der Waals surface area contributed by atoms with Gasteiger partial charge in [-0.25, -0.2) is 4.98 Å². The van der Waals surface area contributed by atoms with Crippen LogP contribution in [0.25, 0.3) is 11.0 Å². The van der Waals surface area contributed by atoms with Crippen LogP contribution in [0.5, 0.6) is 5.75 Å². The second kappa shape index (κ2) is 6.01. The number of hydrogen-bond donors (Lipinski definition) is 2. The maximum atomic E-state index is 13.0. The largest absolute Gasteiger partial charge is 0.478 e. The lowest BCUT2D eigenvalue weighted by atomic mass is 9.96. The number of anilines is 1. The number of para-hydroxylation sites is 3. The first-order chi connectivity index (χ1) is 12.6. The first-order valence-corrected chi connectivity index (χ1v) is 8.07. The summed E-state index contributed by atoms with van der Waals surface area (Å²) in [7, 11) is 0. The maximum absolute atomic E-state index is 13.0. The van der Waals surface area contributed by atoms with Crippen LogP contribution >= 0.6 is 0 Å². The number of ether oxygens (including phenoxy) is 1. The number of H-pyrrole nitrogens is 1. The molecule has 7 heteroatoms. The first kappa shape index (κ1) is 15.8. The van der Waals surface area contributed by atoms with Gasteiger partial charge in [0.15, 0.2) is 23.6 Å². The Hall–Kier alpha value is -3.66. The number of fused-ring (bicyclic) bond motifs is 2. The van der Waals surface area contributed by atoms with E-state index in [1.54, 1.807) is 31.2 Å². The average Bonchev–Trinajstić information content (AvgIpc) is 3.06. The Morgan fingerprint density at radius 1 is 1.27 bits per heavy atom. The fourth-order valence-electron chi connectivity index (χ4n) is 2.93. The number of benzene rings is 2. The summed E-state index contributed by atoms with van der Waals surface area (Å²) in [5.41, 5.74) is 2.09. The van der Waals surface area contributed by atoms with Crippen molar-refractivity contribution in [1.82, 2.24) is 9.97 Å². The number of imidazole rings is 1. The van der Waals surface area contributed by atoms with Gasteiger partial charge in [0.25, 0.3) is 5.91 Å². The topological polar surface area (TPSA) is 108 Å². The van der Waals surface area contributed by atoms with E-state index in [0.29, 0.717) is 11.2 Å². The summed E-state index contributed by atoms with van der Waals surface area (Å²) in [6.07, 6.45) is -0.719. The molecule has 0 aliphatic carbocycles. The predicted molar refractivity (Wildman–Crippen MR) is 93.9 cm³/mol. The number of carbonyl (C=O) groups is 2. The van der Waals surface area contributed by atoms with Gasteiger partial charge >= 0.3 is 0 Å². The highest BCUT2D eigenvalue weighted by molar-refractivity contribution is 6.08. The molecule has 0 radical (unpaired) electrons. The Kier molecular flexibility index (Phi) is 3.66. The molecule has 26 heavy (non-hydrogen) atoms. The minimum Gasteiger partial charge on any atom is -0.478 e. The third-order valence-corrected chi connectivity index (χ3v) is 4.27. The summed E-state index contributed by atoms with van der Waals surface area (Å²) in [6, 6.07) is 14.2. The number of nitrogens with one attached hydrogen (secondary N) is 2. The molecule has 0 bridgehead atoms. The van der Waals surface area contributed by atoms with Crippen LogP contribution in [-0.4, -0.2) is 27.8 Å². The summed E-state index contributed by atoms with van der Waals surface area (Å²) in [6.45, 7) is 1.60. The normalized spacial score (nSPS) is 16.9. The zero-order valence-corrected chi connectivity index (χ0v) is 13.8. The molecule has 2 N–H and O–H groups in total. The lowest BCUT2D eigenvalue weighted by molar-refractivity contribution is -0.122. The minimum atomic E-state index is -1.11. The summed E-state index contributed by atoms with van der Waals surface area (Å²) in [5.74, 6) is -1.27. The molecule has 1 amide bonds. The van der Waals surface area contributed by atoms with E-state index < -0.39 is 17.8 Å². The van der Waals surface area contributed by atoms with E-state index in [9.17, 15) is 14.9 Å². The van der Waals surface area contributed by atoms with Crippen molar-refractivity contribution < 1.29 is 14.3 Å². The lowest BCUT2D eigenvalue weighted by Gasteiger charge is -2.25. The smallest absolute Gasteiger partial charge is 0.265 e. The van der Waals surface area contributed by atoms with Crippen LogP contribution in [0.15, 0.2) is 42.5 Å². The molecule has 2 unspecified atom stereocenters. The molecule has 128 valence electrons. The Morgan fingerprint density at radius 2 is 2.08 bits per heavy atom. The molecule has 3 aromatic rings. The summed E-state index contributed by atoms with van der Waals surface area (Å²) in [4.78, 5) is 32.2. The Bertz CT molecular complexity index is 1050. The zero-order valence-electron chi connectivity index (χ0n) is 13.8. The number of aromatic amines is 1. The van der Waals surface area contributed by atoms with Crippen LogP contribution in [0, 0.1) is 11.3 Å². The van der Waals surface area contributed by atoms with E-state index in [4.69, 9.17) is 4.74 Å².